The van der Waals surface area contributed by atoms with Crippen molar-refractivity contribution in [3.8, 4) is 11.1 Å². The second-order valence-corrected chi connectivity index (χ2v) is 9.41. The molecule has 0 atom stereocenters. The summed E-state index contributed by atoms with van der Waals surface area (Å²) in [7, 11) is 0. The normalized spacial score (nSPS) is 13.0. The van der Waals surface area contributed by atoms with Crippen molar-refractivity contribution in [1.82, 2.24) is 0 Å². The van der Waals surface area contributed by atoms with Crippen LogP contribution in [0.1, 0.15) is 37.4 Å². The largest absolute Gasteiger partial charge is 0.278 e. The van der Waals surface area contributed by atoms with Crippen LogP contribution < -0.4 is 4.90 Å². The van der Waals surface area contributed by atoms with Crippen LogP contribution >= 0.6 is 15.9 Å². The van der Waals surface area contributed by atoms with Crippen LogP contribution in [0.25, 0.3) is 21.9 Å². The standard InChI is InChI=1S/C27H19BrN2O4/c1-14-7-8-15(2)22(11-14)29-26(31)20-6-4-5-19-24(20)21(27(29)32)13-23(30(33)34)25(19)18-10-9-17(28)12-16(18)3/h4-13H,1-3H3. The summed E-state index contributed by atoms with van der Waals surface area (Å²) in [5.74, 6) is -1.01. The molecule has 5 rings (SSSR count). The molecule has 0 saturated heterocycles. The number of nitro benzene ring substituents is 1. The number of aryl methyl sites for hydroxylation is 3. The molecule has 0 aliphatic carbocycles. The molecule has 0 bridgehead atoms. The quantitative estimate of drug-likeness (QED) is 0.169. The van der Waals surface area contributed by atoms with E-state index in [0.717, 1.165) is 26.1 Å². The van der Waals surface area contributed by atoms with Crippen molar-refractivity contribution < 1.29 is 14.5 Å². The molecule has 4 aromatic rings. The zero-order valence-electron chi connectivity index (χ0n) is 18.7. The lowest BCUT2D eigenvalue weighted by Crippen LogP contribution is -2.41. The third kappa shape index (κ3) is 3.23. The van der Waals surface area contributed by atoms with E-state index in [-0.39, 0.29) is 11.3 Å². The van der Waals surface area contributed by atoms with Crippen LogP contribution in [0.15, 0.2) is 65.1 Å². The first-order valence-corrected chi connectivity index (χ1v) is 11.4. The summed E-state index contributed by atoms with van der Waals surface area (Å²) in [6, 6.07) is 17.5. The molecule has 6 nitrogen and oxygen atoms in total. The van der Waals surface area contributed by atoms with Gasteiger partial charge < -0.3 is 0 Å². The molecular formula is C27H19BrN2O4. The average molecular weight is 515 g/mol. The Morgan fingerprint density at radius 1 is 0.824 bits per heavy atom. The molecule has 0 fully saturated rings. The first-order chi connectivity index (χ1) is 16.2. The summed E-state index contributed by atoms with van der Waals surface area (Å²) in [5, 5.41) is 13.2. The van der Waals surface area contributed by atoms with Gasteiger partial charge in [0.2, 0.25) is 0 Å². The fraction of sp³-hybridized carbons (Fsp3) is 0.111. The van der Waals surface area contributed by atoms with Gasteiger partial charge in [-0.25, -0.2) is 4.90 Å². The molecule has 4 aromatic carbocycles. The van der Waals surface area contributed by atoms with Gasteiger partial charge in [0.15, 0.2) is 0 Å². The van der Waals surface area contributed by atoms with Gasteiger partial charge >= 0.3 is 0 Å². The SMILES string of the molecule is Cc1ccc(C)c(N2C(=O)c3cccc4c(-c5ccc(Br)cc5C)c([N+](=O)[O-])cc(c34)C2=O)c1. The molecule has 168 valence electrons. The van der Waals surface area contributed by atoms with E-state index in [4.69, 9.17) is 0 Å². The zero-order valence-corrected chi connectivity index (χ0v) is 20.3. The number of amides is 2. The molecule has 0 spiro atoms. The minimum Gasteiger partial charge on any atom is -0.268 e. The first-order valence-electron chi connectivity index (χ1n) is 10.7. The zero-order chi connectivity index (χ0) is 24.3. The van der Waals surface area contributed by atoms with Gasteiger partial charge in [0, 0.05) is 21.5 Å². The Bertz CT molecular complexity index is 1580. The van der Waals surface area contributed by atoms with Crippen LogP contribution in [0.5, 0.6) is 0 Å². The highest BCUT2D eigenvalue weighted by Crippen LogP contribution is 2.44. The third-order valence-electron chi connectivity index (χ3n) is 6.27. The molecule has 34 heavy (non-hydrogen) atoms. The molecule has 1 aliphatic heterocycles. The highest BCUT2D eigenvalue weighted by molar-refractivity contribution is 9.10. The number of imide groups is 1. The second-order valence-electron chi connectivity index (χ2n) is 8.50. The number of halogens is 1. The van der Waals surface area contributed by atoms with Gasteiger partial charge in [0.05, 0.1) is 21.7 Å². The van der Waals surface area contributed by atoms with E-state index in [1.807, 2.05) is 51.1 Å². The van der Waals surface area contributed by atoms with E-state index >= 15 is 0 Å². The minimum atomic E-state index is -0.565. The molecule has 1 aliphatic rings. The van der Waals surface area contributed by atoms with Crippen molar-refractivity contribution in [2.75, 3.05) is 4.90 Å². The molecule has 0 N–H and O–H groups in total. The summed E-state index contributed by atoms with van der Waals surface area (Å²) in [6.45, 7) is 5.58. The number of rotatable bonds is 3. The summed E-state index contributed by atoms with van der Waals surface area (Å²) < 4.78 is 0.855. The maximum Gasteiger partial charge on any atom is 0.278 e. The Morgan fingerprint density at radius 3 is 2.26 bits per heavy atom. The number of carbonyl (C=O) groups excluding carboxylic acids is 2. The van der Waals surface area contributed by atoms with Gasteiger partial charge in [-0.2, -0.15) is 0 Å². The van der Waals surface area contributed by atoms with Crippen LogP contribution in [0, 0.1) is 30.9 Å². The molecule has 7 heteroatoms. The van der Waals surface area contributed by atoms with E-state index in [1.54, 1.807) is 24.3 Å². The van der Waals surface area contributed by atoms with E-state index in [2.05, 4.69) is 15.9 Å². The Morgan fingerprint density at radius 2 is 1.56 bits per heavy atom. The molecule has 2 amide bonds. The summed E-state index contributed by atoms with van der Waals surface area (Å²) in [4.78, 5) is 40.2. The fourth-order valence-corrected chi connectivity index (χ4v) is 5.14. The van der Waals surface area contributed by atoms with Crippen molar-refractivity contribution in [3.63, 3.8) is 0 Å². The average Bonchev–Trinajstić information content (AvgIpc) is 2.79. The summed E-state index contributed by atoms with van der Waals surface area (Å²) >= 11 is 3.44. The molecule has 0 unspecified atom stereocenters. The van der Waals surface area contributed by atoms with Crippen LogP contribution in [0.2, 0.25) is 0 Å². The topological polar surface area (TPSA) is 80.5 Å². The summed E-state index contributed by atoms with van der Waals surface area (Å²) in [6.07, 6.45) is 0. The van der Waals surface area contributed by atoms with Gasteiger partial charge in [-0.15, -0.1) is 0 Å². The number of nitro groups is 1. The molecule has 1 heterocycles. The van der Waals surface area contributed by atoms with Crippen LogP contribution in [-0.4, -0.2) is 16.7 Å². The van der Waals surface area contributed by atoms with Gasteiger partial charge in [-0.05, 0) is 72.7 Å². The third-order valence-corrected chi connectivity index (χ3v) is 6.76. The Hall–Kier alpha value is -3.84. The van der Waals surface area contributed by atoms with Gasteiger partial charge in [-0.1, -0.05) is 46.3 Å². The van der Waals surface area contributed by atoms with Crippen molar-refractivity contribution in [1.29, 1.82) is 0 Å². The lowest BCUT2D eigenvalue weighted by molar-refractivity contribution is -0.384. The smallest absolute Gasteiger partial charge is 0.268 e. The van der Waals surface area contributed by atoms with Crippen LogP contribution in [0.4, 0.5) is 11.4 Å². The van der Waals surface area contributed by atoms with E-state index in [9.17, 15) is 19.7 Å². The predicted octanol–water partition coefficient (Wildman–Crippen LogP) is 6.90. The predicted molar refractivity (Wildman–Crippen MR) is 136 cm³/mol. The minimum absolute atomic E-state index is 0.149. The van der Waals surface area contributed by atoms with Crippen LogP contribution in [0.3, 0.4) is 0 Å². The number of nitrogens with zero attached hydrogens (tertiary/aromatic N) is 2. The first kappa shape index (κ1) is 22.0. The molecule has 0 radical (unpaired) electrons. The van der Waals surface area contributed by atoms with E-state index in [0.29, 0.717) is 33.2 Å². The fourth-order valence-electron chi connectivity index (χ4n) is 4.66. The van der Waals surface area contributed by atoms with E-state index in [1.165, 1.54) is 6.07 Å². The van der Waals surface area contributed by atoms with Gasteiger partial charge in [0.25, 0.3) is 17.5 Å². The monoisotopic (exact) mass is 514 g/mol. The molecular weight excluding hydrogens is 496 g/mol. The molecule has 0 aromatic heterocycles. The van der Waals surface area contributed by atoms with Crippen molar-refractivity contribution in [2.24, 2.45) is 0 Å². The van der Waals surface area contributed by atoms with Crippen molar-refractivity contribution in [2.45, 2.75) is 20.8 Å². The number of anilines is 1. The van der Waals surface area contributed by atoms with Crippen molar-refractivity contribution >= 4 is 49.9 Å². The Kier molecular flexibility index (Phi) is 5.10. The second kappa shape index (κ2) is 7.88. The number of hydrogen-bond donors (Lipinski definition) is 0. The molecule has 0 saturated carbocycles. The Balaban J connectivity index is 1.86. The number of benzene rings is 4. The lowest BCUT2D eigenvalue weighted by atomic mass is 9.86. The lowest BCUT2D eigenvalue weighted by Gasteiger charge is -2.29. The highest BCUT2D eigenvalue weighted by atomic mass is 79.9. The van der Waals surface area contributed by atoms with Gasteiger partial charge in [0.1, 0.15) is 0 Å². The number of hydrogen-bond acceptors (Lipinski definition) is 4. The van der Waals surface area contributed by atoms with E-state index < -0.39 is 16.7 Å². The van der Waals surface area contributed by atoms with Crippen LogP contribution in [-0.2, 0) is 0 Å². The van der Waals surface area contributed by atoms with Crippen molar-refractivity contribution in [3.05, 3.63) is 103 Å². The maximum absolute atomic E-state index is 13.7. The maximum atomic E-state index is 13.7. The van der Waals surface area contributed by atoms with Gasteiger partial charge in [-0.3, -0.25) is 19.7 Å². The highest BCUT2D eigenvalue weighted by Gasteiger charge is 2.37. The number of carbonyl (C=O) groups is 2. The Labute approximate surface area is 204 Å². The summed E-state index contributed by atoms with van der Waals surface area (Å²) in [5.41, 5.74) is 4.38.